The molecule has 1 aliphatic rings. The molecule has 0 radical (unpaired) electrons. The highest BCUT2D eigenvalue weighted by Crippen LogP contribution is 2.08. The van der Waals surface area contributed by atoms with Crippen LogP contribution in [0.15, 0.2) is 30.6 Å². The minimum Gasteiger partial charge on any atom is -0.334 e. The number of fused-ring (bicyclic) bond motifs is 1. The number of rotatable bonds is 0. The van der Waals surface area contributed by atoms with Gasteiger partial charge in [-0.1, -0.05) is 12.1 Å². The average Bonchev–Trinajstić information content (AvgIpc) is 2.92. The molecule has 1 aromatic carbocycles. The summed E-state index contributed by atoms with van der Waals surface area (Å²) in [6, 6.07) is 8.08. The molecule has 2 heterocycles. The first-order valence-corrected chi connectivity index (χ1v) is 5.45. The monoisotopic (exact) mass is 203 g/mol. The second kappa shape index (κ2) is 4.94. The van der Waals surface area contributed by atoms with Crippen LogP contribution in [0.4, 0.5) is 0 Å². The summed E-state index contributed by atoms with van der Waals surface area (Å²) in [6.07, 6.45) is 4.60. The van der Waals surface area contributed by atoms with Gasteiger partial charge in [0, 0.05) is 7.05 Å². The molecule has 1 N–H and O–H groups in total. The Morgan fingerprint density at radius 1 is 1.20 bits per heavy atom. The summed E-state index contributed by atoms with van der Waals surface area (Å²) in [6.45, 7) is 2.50. The van der Waals surface area contributed by atoms with Crippen molar-refractivity contribution >= 4 is 11.0 Å². The number of nitrogens with zero attached hydrogens (tertiary/aromatic N) is 2. The van der Waals surface area contributed by atoms with Crippen molar-refractivity contribution in [1.29, 1.82) is 0 Å². The Hall–Kier alpha value is -1.35. The highest BCUT2D eigenvalue weighted by Gasteiger charge is 1.94. The maximum absolute atomic E-state index is 4.18. The number of aryl methyl sites for hydroxylation is 1. The van der Waals surface area contributed by atoms with E-state index in [9.17, 15) is 0 Å². The van der Waals surface area contributed by atoms with Gasteiger partial charge in [0.05, 0.1) is 17.4 Å². The van der Waals surface area contributed by atoms with Crippen molar-refractivity contribution in [2.75, 3.05) is 13.1 Å². The minimum absolute atomic E-state index is 1.06. The standard InChI is InChI=1S/C8H8N2.C4H9N/c1-10-6-9-7-4-2-3-5-8(7)10;1-2-4-5-3-1/h2-6H,1H3;5H,1-4H2. The summed E-state index contributed by atoms with van der Waals surface area (Å²) in [5, 5.41) is 3.22. The van der Waals surface area contributed by atoms with Gasteiger partial charge in [-0.15, -0.1) is 0 Å². The number of nitrogens with one attached hydrogen (secondary N) is 1. The van der Waals surface area contributed by atoms with E-state index in [0.717, 1.165) is 5.52 Å². The average molecular weight is 203 g/mol. The van der Waals surface area contributed by atoms with E-state index in [1.54, 1.807) is 0 Å². The predicted molar refractivity (Wildman–Crippen MR) is 62.8 cm³/mol. The van der Waals surface area contributed by atoms with Gasteiger partial charge in [0.2, 0.25) is 0 Å². The van der Waals surface area contributed by atoms with Crippen molar-refractivity contribution in [3.05, 3.63) is 30.6 Å². The van der Waals surface area contributed by atoms with Crippen molar-refractivity contribution < 1.29 is 0 Å². The zero-order valence-electron chi connectivity index (χ0n) is 9.11. The highest BCUT2D eigenvalue weighted by molar-refractivity contribution is 5.74. The van der Waals surface area contributed by atoms with Crippen molar-refractivity contribution in [2.24, 2.45) is 7.05 Å². The first kappa shape index (κ1) is 10.2. The molecular formula is C12H17N3. The van der Waals surface area contributed by atoms with Crippen molar-refractivity contribution in [2.45, 2.75) is 12.8 Å². The van der Waals surface area contributed by atoms with Crippen LogP contribution >= 0.6 is 0 Å². The number of aromatic nitrogens is 2. The molecule has 0 bridgehead atoms. The Morgan fingerprint density at radius 2 is 1.93 bits per heavy atom. The van der Waals surface area contributed by atoms with Gasteiger partial charge in [0.1, 0.15) is 0 Å². The van der Waals surface area contributed by atoms with E-state index >= 15 is 0 Å². The fourth-order valence-corrected chi connectivity index (χ4v) is 1.71. The molecule has 0 saturated carbocycles. The molecule has 3 heteroatoms. The van der Waals surface area contributed by atoms with Crippen LogP contribution < -0.4 is 5.32 Å². The van der Waals surface area contributed by atoms with Gasteiger partial charge >= 0.3 is 0 Å². The summed E-state index contributed by atoms with van der Waals surface area (Å²) >= 11 is 0. The third-order valence-corrected chi connectivity index (χ3v) is 2.59. The molecule has 3 rings (SSSR count). The molecule has 0 amide bonds. The number of hydrogen-bond acceptors (Lipinski definition) is 2. The lowest BCUT2D eigenvalue weighted by atomic mass is 10.3. The van der Waals surface area contributed by atoms with Crippen molar-refractivity contribution in [3.8, 4) is 0 Å². The zero-order chi connectivity index (χ0) is 10.5. The summed E-state index contributed by atoms with van der Waals surface area (Å²) in [7, 11) is 2.00. The number of para-hydroxylation sites is 2. The molecule has 2 aromatic rings. The molecule has 3 nitrogen and oxygen atoms in total. The Bertz CT molecular complexity index is 408. The Balaban J connectivity index is 0.000000144. The SMILES string of the molecule is C1CCNC1.Cn1cnc2ccccc21. The smallest absolute Gasteiger partial charge is 0.0955 e. The van der Waals surface area contributed by atoms with Crippen LogP contribution in [0.5, 0.6) is 0 Å². The molecule has 1 aliphatic heterocycles. The molecule has 1 saturated heterocycles. The van der Waals surface area contributed by atoms with Gasteiger partial charge in [0.25, 0.3) is 0 Å². The number of imidazole rings is 1. The van der Waals surface area contributed by atoms with Crippen LogP contribution in [-0.2, 0) is 7.05 Å². The van der Waals surface area contributed by atoms with E-state index in [1.165, 1.54) is 31.4 Å². The number of benzene rings is 1. The van der Waals surface area contributed by atoms with E-state index in [-0.39, 0.29) is 0 Å². The molecule has 0 aliphatic carbocycles. The second-order valence-corrected chi connectivity index (χ2v) is 3.80. The fraction of sp³-hybridized carbons (Fsp3) is 0.417. The Labute approximate surface area is 90.1 Å². The Kier molecular flexibility index (Phi) is 3.35. The van der Waals surface area contributed by atoms with Gasteiger partial charge < -0.3 is 9.88 Å². The highest BCUT2D eigenvalue weighted by atomic mass is 15.0. The molecule has 80 valence electrons. The fourth-order valence-electron chi connectivity index (χ4n) is 1.71. The lowest BCUT2D eigenvalue weighted by Gasteiger charge is -1.90. The molecular weight excluding hydrogens is 186 g/mol. The van der Waals surface area contributed by atoms with Crippen LogP contribution in [0.3, 0.4) is 0 Å². The van der Waals surface area contributed by atoms with E-state index in [1.807, 2.05) is 36.1 Å². The van der Waals surface area contributed by atoms with Crippen LogP contribution in [0, 0.1) is 0 Å². The number of hydrogen-bond donors (Lipinski definition) is 1. The van der Waals surface area contributed by atoms with Crippen molar-refractivity contribution in [3.63, 3.8) is 0 Å². The summed E-state index contributed by atoms with van der Waals surface area (Å²) in [5.41, 5.74) is 2.24. The van der Waals surface area contributed by atoms with Gasteiger partial charge in [-0.2, -0.15) is 0 Å². The molecule has 1 aromatic heterocycles. The maximum Gasteiger partial charge on any atom is 0.0955 e. The molecule has 0 unspecified atom stereocenters. The summed E-state index contributed by atoms with van der Waals surface area (Å²) in [4.78, 5) is 4.18. The largest absolute Gasteiger partial charge is 0.334 e. The molecule has 0 spiro atoms. The van der Waals surface area contributed by atoms with Crippen LogP contribution in [0.2, 0.25) is 0 Å². The van der Waals surface area contributed by atoms with E-state index in [0.29, 0.717) is 0 Å². The Morgan fingerprint density at radius 3 is 2.53 bits per heavy atom. The van der Waals surface area contributed by atoms with Gasteiger partial charge in [0.15, 0.2) is 0 Å². The predicted octanol–water partition coefficient (Wildman–Crippen LogP) is 1.94. The van der Waals surface area contributed by atoms with Gasteiger partial charge in [-0.05, 0) is 38.1 Å². The van der Waals surface area contributed by atoms with E-state index in [2.05, 4.69) is 16.4 Å². The minimum atomic E-state index is 1.06. The zero-order valence-corrected chi connectivity index (χ0v) is 9.11. The van der Waals surface area contributed by atoms with E-state index < -0.39 is 0 Å². The quantitative estimate of drug-likeness (QED) is 0.709. The topological polar surface area (TPSA) is 29.9 Å². The van der Waals surface area contributed by atoms with Crippen molar-refractivity contribution in [1.82, 2.24) is 14.9 Å². The third-order valence-electron chi connectivity index (χ3n) is 2.59. The lowest BCUT2D eigenvalue weighted by Crippen LogP contribution is -2.03. The second-order valence-electron chi connectivity index (χ2n) is 3.80. The first-order valence-electron chi connectivity index (χ1n) is 5.45. The molecule has 15 heavy (non-hydrogen) atoms. The van der Waals surface area contributed by atoms with Crippen LogP contribution in [0.1, 0.15) is 12.8 Å². The summed E-state index contributed by atoms with van der Waals surface area (Å²) in [5.74, 6) is 0. The maximum atomic E-state index is 4.18. The van der Waals surface area contributed by atoms with E-state index in [4.69, 9.17) is 0 Å². The van der Waals surface area contributed by atoms with Crippen LogP contribution in [-0.4, -0.2) is 22.6 Å². The molecule has 1 fully saturated rings. The van der Waals surface area contributed by atoms with Crippen LogP contribution in [0.25, 0.3) is 11.0 Å². The first-order chi connectivity index (χ1) is 7.38. The molecule has 0 atom stereocenters. The van der Waals surface area contributed by atoms with Gasteiger partial charge in [-0.3, -0.25) is 0 Å². The lowest BCUT2D eigenvalue weighted by molar-refractivity contribution is 0.857. The summed E-state index contributed by atoms with van der Waals surface area (Å²) < 4.78 is 2.01. The normalized spacial score (nSPS) is 15.0. The van der Waals surface area contributed by atoms with Gasteiger partial charge in [-0.25, -0.2) is 4.98 Å². The third kappa shape index (κ3) is 2.57.